The SMILES string of the molecule is CCOc1ccc2ccccc2c1C=C(C#N)c1cccc([N+](=O)[O-])c1. The molecule has 3 rings (SSSR count). The highest BCUT2D eigenvalue weighted by Gasteiger charge is 2.12. The van der Waals surface area contributed by atoms with Crippen molar-refractivity contribution < 1.29 is 9.66 Å². The molecule has 0 radical (unpaired) electrons. The Balaban J connectivity index is 2.21. The van der Waals surface area contributed by atoms with Crippen LogP contribution in [0.4, 0.5) is 5.69 Å². The largest absolute Gasteiger partial charge is 0.493 e. The third-order valence-electron chi connectivity index (χ3n) is 4.01. The zero-order valence-electron chi connectivity index (χ0n) is 14.2. The molecular weight excluding hydrogens is 328 g/mol. The average Bonchev–Trinajstić information content (AvgIpc) is 2.67. The van der Waals surface area contributed by atoms with Crippen LogP contribution in [0.1, 0.15) is 18.1 Å². The number of nitro groups is 1. The Kier molecular flexibility index (Phi) is 4.95. The molecule has 0 aliphatic rings. The van der Waals surface area contributed by atoms with Crippen LogP contribution in [0.2, 0.25) is 0 Å². The first-order chi connectivity index (χ1) is 12.6. The Bertz CT molecular complexity index is 1050. The van der Waals surface area contributed by atoms with E-state index in [9.17, 15) is 15.4 Å². The van der Waals surface area contributed by atoms with Crippen molar-refractivity contribution in [2.45, 2.75) is 6.92 Å². The number of non-ortho nitro benzene ring substituents is 1. The molecule has 0 spiro atoms. The highest BCUT2D eigenvalue weighted by Crippen LogP contribution is 2.32. The number of benzene rings is 3. The minimum Gasteiger partial charge on any atom is -0.493 e. The molecule has 0 N–H and O–H groups in total. The Morgan fingerprint density at radius 1 is 1.19 bits per heavy atom. The predicted molar refractivity (Wildman–Crippen MR) is 102 cm³/mol. The second-order valence-electron chi connectivity index (χ2n) is 5.61. The van der Waals surface area contributed by atoms with Gasteiger partial charge in [0.25, 0.3) is 5.69 Å². The Labute approximate surface area is 150 Å². The number of nitro benzene ring substituents is 1. The van der Waals surface area contributed by atoms with Crippen LogP contribution in [0.25, 0.3) is 22.4 Å². The van der Waals surface area contributed by atoms with E-state index in [4.69, 9.17) is 4.74 Å². The summed E-state index contributed by atoms with van der Waals surface area (Å²) in [5, 5.41) is 22.6. The van der Waals surface area contributed by atoms with Crippen molar-refractivity contribution in [3.63, 3.8) is 0 Å². The summed E-state index contributed by atoms with van der Waals surface area (Å²) in [7, 11) is 0. The zero-order chi connectivity index (χ0) is 18.5. The maximum absolute atomic E-state index is 11.0. The molecule has 5 nitrogen and oxygen atoms in total. The lowest BCUT2D eigenvalue weighted by molar-refractivity contribution is -0.384. The van der Waals surface area contributed by atoms with Gasteiger partial charge in [-0.3, -0.25) is 10.1 Å². The smallest absolute Gasteiger partial charge is 0.270 e. The van der Waals surface area contributed by atoms with E-state index in [1.165, 1.54) is 12.1 Å². The van der Waals surface area contributed by atoms with Gasteiger partial charge in [-0.05, 0) is 35.4 Å². The number of ether oxygens (including phenoxy) is 1. The van der Waals surface area contributed by atoms with Gasteiger partial charge >= 0.3 is 0 Å². The molecular formula is C21H16N2O3. The molecule has 3 aromatic rings. The fourth-order valence-corrected chi connectivity index (χ4v) is 2.82. The van der Waals surface area contributed by atoms with E-state index in [-0.39, 0.29) is 5.69 Å². The van der Waals surface area contributed by atoms with Gasteiger partial charge in [0.2, 0.25) is 0 Å². The van der Waals surface area contributed by atoms with E-state index in [1.54, 1.807) is 18.2 Å². The van der Waals surface area contributed by atoms with Crippen LogP contribution < -0.4 is 4.74 Å². The molecule has 26 heavy (non-hydrogen) atoms. The Morgan fingerprint density at radius 3 is 2.73 bits per heavy atom. The van der Waals surface area contributed by atoms with E-state index in [0.717, 1.165) is 16.3 Å². The highest BCUT2D eigenvalue weighted by molar-refractivity contribution is 6.00. The monoisotopic (exact) mass is 344 g/mol. The molecule has 0 bridgehead atoms. The number of allylic oxidation sites excluding steroid dienone is 1. The number of hydrogen-bond acceptors (Lipinski definition) is 4. The number of hydrogen-bond donors (Lipinski definition) is 0. The van der Waals surface area contributed by atoms with Crippen LogP contribution in [-0.4, -0.2) is 11.5 Å². The number of rotatable bonds is 5. The topological polar surface area (TPSA) is 76.2 Å². The van der Waals surface area contributed by atoms with E-state index in [0.29, 0.717) is 23.5 Å². The third kappa shape index (κ3) is 3.40. The van der Waals surface area contributed by atoms with Gasteiger partial charge in [-0.1, -0.05) is 42.5 Å². The first-order valence-electron chi connectivity index (χ1n) is 8.15. The van der Waals surface area contributed by atoms with E-state index < -0.39 is 4.92 Å². The number of nitriles is 1. The maximum Gasteiger partial charge on any atom is 0.270 e. The maximum atomic E-state index is 11.0. The highest BCUT2D eigenvalue weighted by atomic mass is 16.6. The lowest BCUT2D eigenvalue weighted by Crippen LogP contribution is -1.95. The van der Waals surface area contributed by atoms with Crippen LogP contribution in [-0.2, 0) is 0 Å². The van der Waals surface area contributed by atoms with Crippen molar-refractivity contribution in [1.29, 1.82) is 5.26 Å². The fraction of sp³-hybridized carbons (Fsp3) is 0.0952. The molecule has 0 aromatic heterocycles. The second-order valence-corrected chi connectivity index (χ2v) is 5.61. The zero-order valence-corrected chi connectivity index (χ0v) is 14.2. The molecule has 0 saturated carbocycles. The standard InChI is InChI=1S/C21H16N2O3/c1-2-26-21-11-10-15-6-3-4-9-19(15)20(21)13-17(14-22)16-7-5-8-18(12-16)23(24)25/h3-13H,2H2,1H3. The summed E-state index contributed by atoms with van der Waals surface area (Å²) in [4.78, 5) is 10.5. The van der Waals surface area contributed by atoms with Crippen molar-refractivity contribution in [3.05, 3.63) is 81.9 Å². The molecule has 0 aliphatic carbocycles. The Morgan fingerprint density at radius 2 is 2.00 bits per heavy atom. The average molecular weight is 344 g/mol. The summed E-state index contributed by atoms with van der Waals surface area (Å²) in [6.07, 6.45) is 1.73. The second kappa shape index (κ2) is 7.49. The summed E-state index contributed by atoms with van der Waals surface area (Å²) in [5.41, 5.74) is 1.57. The van der Waals surface area contributed by atoms with Crippen molar-refractivity contribution in [2.75, 3.05) is 6.61 Å². The van der Waals surface area contributed by atoms with Gasteiger partial charge in [-0.2, -0.15) is 5.26 Å². The normalized spacial score (nSPS) is 11.2. The minimum absolute atomic E-state index is 0.0494. The quantitative estimate of drug-likeness (QED) is 0.275. The van der Waals surface area contributed by atoms with Gasteiger partial charge in [0.15, 0.2) is 0 Å². The van der Waals surface area contributed by atoms with E-state index in [2.05, 4.69) is 6.07 Å². The molecule has 128 valence electrons. The van der Waals surface area contributed by atoms with Crippen molar-refractivity contribution in [1.82, 2.24) is 0 Å². The molecule has 0 saturated heterocycles. The van der Waals surface area contributed by atoms with Gasteiger partial charge < -0.3 is 4.74 Å². The van der Waals surface area contributed by atoms with E-state index >= 15 is 0 Å². The lowest BCUT2D eigenvalue weighted by atomic mass is 9.98. The van der Waals surface area contributed by atoms with Gasteiger partial charge in [0.1, 0.15) is 5.75 Å². The summed E-state index contributed by atoms with van der Waals surface area (Å²) < 4.78 is 5.73. The summed E-state index contributed by atoms with van der Waals surface area (Å²) in [6.45, 7) is 2.40. The van der Waals surface area contributed by atoms with Crippen LogP contribution in [0.15, 0.2) is 60.7 Å². The molecule has 0 fully saturated rings. The molecule has 5 heteroatoms. The molecule has 0 unspecified atom stereocenters. The van der Waals surface area contributed by atoms with Gasteiger partial charge in [0, 0.05) is 17.7 Å². The van der Waals surface area contributed by atoms with Crippen LogP contribution >= 0.6 is 0 Å². The molecule has 0 heterocycles. The lowest BCUT2D eigenvalue weighted by Gasteiger charge is -2.11. The molecule has 0 amide bonds. The fourth-order valence-electron chi connectivity index (χ4n) is 2.82. The summed E-state index contributed by atoms with van der Waals surface area (Å²) >= 11 is 0. The molecule has 3 aromatic carbocycles. The summed E-state index contributed by atoms with van der Waals surface area (Å²) in [5.74, 6) is 0.671. The third-order valence-corrected chi connectivity index (χ3v) is 4.01. The van der Waals surface area contributed by atoms with Crippen LogP contribution in [0, 0.1) is 21.4 Å². The Hall–Kier alpha value is -3.65. The van der Waals surface area contributed by atoms with Gasteiger partial charge in [0.05, 0.1) is 23.2 Å². The van der Waals surface area contributed by atoms with Crippen molar-refractivity contribution in [3.8, 4) is 11.8 Å². The van der Waals surface area contributed by atoms with E-state index in [1.807, 2.05) is 43.3 Å². The van der Waals surface area contributed by atoms with Crippen molar-refractivity contribution >= 4 is 28.1 Å². The first kappa shape index (κ1) is 17.2. The number of nitrogens with zero attached hydrogens (tertiary/aromatic N) is 2. The molecule has 0 aliphatic heterocycles. The van der Waals surface area contributed by atoms with Crippen molar-refractivity contribution in [2.24, 2.45) is 0 Å². The predicted octanol–water partition coefficient (Wildman–Crippen LogP) is 5.21. The summed E-state index contributed by atoms with van der Waals surface area (Å²) in [6, 6.07) is 19.9. The number of fused-ring (bicyclic) bond motifs is 1. The minimum atomic E-state index is -0.470. The van der Waals surface area contributed by atoms with Crippen LogP contribution in [0.5, 0.6) is 5.75 Å². The van der Waals surface area contributed by atoms with Gasteiger partial charge in [-0.25, -0.2) is 0 Å². The molecule has 0 atom stereocenters. The van der Waals surface area contributed by atoms with Gasteiger partial charge in [-0.15, -0.1) is 0 Å². The first-order valence-corrected chi connectivity index (χ1v) is 8.15. The van der Waals surface area contributed by atoms with Crippen LogP contribution in [0.3, 0.4) is 0 Å².